The number of H-pyrrole nitrogens is 1. The predicted octanol–water partition coefficient (Wildman–Crippen LogP) is 2.74. The first-order valence-corrected chi connectivity index (χ1v) is 8.35. The van der Waals surface area contributed by atoms with Gasteiger partial charge < -0.3 is 19.7 Å². The first-order chi connectivity index (χ1) is 12.2. The van der Waals surface area contributed by atoms with Gasteiger partial charge in [-0.25, -0.2) is 0 Å². The molecule has 1 unspecified atom stereocenters. The van der Waals surface area contributed by atoms with Crippen LogP contribution in [0, 0.1) is 0 Å². The van der Waals surface area contributed by atoms with Crippen LogP contribution in [0.1, 0.15) is 21.6 Å². The van der Waals surface area contributed by atoms with E-state index < -0.39 is 0 Å². The fourth-order valence-corrected chi connectivity index (χ4v) is 3.59. The molecular weight excluding hydrogens is 316 g/mol. The molecule has 5 nitrogen and oxygen atoms in total. The van der Waals surface area contributed by atoms with Gasteiger partial charge in [-0.1, -0.05) is 24.3 Å². The molecule has 0 saturated heterocycles. The Morgan fingerprint density at radius 2 is 2.12 bits per heavy atom. The third kappa shape index (κ3) is 2.66. The van der Waals surface area contributed by atoms with Crippen molar-refractivity contribution in [3.8, 4) is 5.75 Å². The number of rotatable bonds is 3. The third-order valence-electron chi connectivity index (χ3n) is 4.90. The number of aliphatic hydroxyl groups excluding tert-OH is 1. The Bertz CT molecular complexity index is 932. The quantitative estimate of drug-likeness (QED) is 0.773. The van der Waals surface area contributed by atoms with E-state index in [0.29, 0.717) is 24.3 Å². The van der Waals surface area contributed by atoms with E-state index in [1.165, 1.54) is 10.9 Å². The van der Waals surface area contributed by atoms with Crippen molar-refractivity contribution in [1.82, 2.24) is 9.88 Å². The van der Waals surface area contributed by atoms with Gasteiger partial charge in [0.25, 0.3) is 5.91 Å². The Labute approximate surface area is 145 Å². The van der Waals surface area contributed by atoms with E-state index in [-0.39, 0.29) is 18.6 Å². The Morgan fingerprint density at radius 3 is 2.92 bits per heavy atom. The molecule has 1 amide bonds. The number of benzene rings is 2. The van der Waals surface area contributed by atoms with Crippen LogP contribution in [0.5, 0.6) is 5.75 Å². The number of fused-ring (bicyclic) bond motifs is 3. The van der Waals surface area contributed by atoms with Crippen LogP contribution in [0.4, 0.5) is 0 Å². The Balaban J connectivity index is 1.71. The van der Waals surface area contributed by atoms with Gasteiger partial charge in [0.15, 0.2) is 0 Å². The minimum absolute atomic E-state index is 0.0609. The van der Waals surface area contributed by atoms with Crippen molar-refractivity contribution in [3.63, 3.8) is 0 Å². The summed E-state index contributed by atoms with van der Waals surface area (Å²) in [4.78, 5) is 18.2. The van der Waals surface area contributed by atoms with Crippen LogP contribution in [0.25, 0.3) is 10.9 Å². The second-order valence-corrected chi connectivity index (χ2v) is 6.33. The summed E-state index contributed by atoms with van der Waals surface area (Å²) in [5.74, 6) is 0.553. The second kappa shape index (κ2) is 6.26. The maximum Gasteiger partial charge on any atom is 0.254 e. The monoisotopic (exact) mass is 336 g/mol. The Morgan fingerprint density at radius 1 is 1.28 bits per heavy atom. The number of carbonyl (C=O) groups is 1. The summed E-state index contributed by atoms with van der Waals surface area (Å²) in [6, 6.07) is 15.0. The highest BCUT2D eigenvalue weighted by molar-refractivity contribution is 5.95. The fraction of sp³-hybridized carbons (Fsp3) is 0.250. The summed E-state index contributed by atoms with van der Waals surface area (Å²) in [5, 5.41) is 11.0. The molecule has 0 spiro atoms. The van der Waals surface area contributed by atoms with Crippen molar-refractivity contribution in [2.45, 2.75) is 19.0 Å². The van der Waals surface area contributed by atoms with Crippen LogP contribution < -0.4 is 4.74 Å². The molecule has 0 fully saturated rings. The van der Waals surface area contributed by atoms with E-state index >= 15 is 0 Å². The molecule has 5 heteroatoms. The number of amides is 1. The summed E-state index contributed by atoms with van der Waals surface area (Å²) in [5.41, 5.74) is 3.88. The minimum Gasteiger partial charge on any atom is -0.497 e. The second-order valence-electron chi connectivity index (χ2n) is 6.33. The van der Waals surface area contributed by atoms with Crippen LogP contribution in [0.2, 0.25) is 0 Å². The number of para-hydroxylation sites is 1. The number of methoxy groups -OCH3 is 1. The maximum atomic E-state index is 13.0. The van der Waals surface area contributed by atoms with Crippen LogP contribution in [0.3, 0.4) is 0 Å². The maximum absolute atomic E-state index is 13.0. The highest BCUT2D eigenvalue weighted by atomic mass is 16.5. The van der Waals surface area contributed by atoms with Gasteiger partial charge in [-0.15, -0.1) is 0 Å². The number of ether oxygens (including phenoxy) is 1. The normalized spacial score (nSPS) is 16.7. The lowest BCUT2D eigenvalue weighted by Gasteiger charge is -2.34. The zero-order chi connectivity index (χ0) is 17.4. The summed E-state index contributed by atoms with van der Waals surface area (Å²) in [7, 11) is 1.58. The van der Waals surface area contributed by atoms with Crippen LogP contribution in [-0.4, -0.2) is 40.7 Å². The third-order valence-corrected chi connectivity index (χ3v) is 4.90. The van der Waals surface area contributed by atoms with Gasteiger partial charge in [0.05, 0.1) is 26.3 Å². The van der Waals surface area contributed by atoms with Gasteiger partial charge >= 0.3 is 0 Å². The van der Waals surface area contributed by atoms with Crippen molar-refractivity contribution in [2.24, 2.45) is 0 Å². The number of aliphatic hydroxyl groups is 1. The van der Waals surface area contributed by atoms with Crippen LogP contribution >= 0.6 is 0 Å². The SMILES string of the molecule is COc1cccc(C(=O)N2Cc3[nH]c4ccccc4c3CC2CO)c1. The van der Waals surface area contributed by atoms with E-state index in [0.717, 1.165) is 11.2 Å². The van der Waals surface area contributed by atoms with Crippen molar-refractivity contribution in [3.05, 3.63) is 65.4 Å². The van der Waals surface area contributed by atoms with E-state index in [2.05, 4.69) is 11.1 Å². The number of aromatic nitrogens is 1. The number of aromatic amines is 1. The average Bonchev–Trinajstić information content (AvgIpc) is 3.04. The van der Waals surface area contributed by atoms with Gasteiger partial charge in [0.1, 0.15) is 5.75 Å². The molecule has 128 valence electrons. The van der Waals surface area contributed by atoms with Gasteiger partial charge in [-0.3, -0.25) is 4.79 Å². The van der Waals surface area contributed by atoms with Gasteiger partial charge in [-0.05, 0) is 36.2 Å². The van der Waals surface area contributed by atoms with Crippen molar-refractivity contribution < 1.29 is 14.6 Å². The summed E-state index contributed by atoms with van der Waals surface area (Å²) >= 11 is 0. The molecular formula is C20H20N2O3. The fourth-order valence-electron chi connectivity index (χ4n) is 3.59. The summed E-state index contributed by atoms with van der Waals surface area (Å²) < 4.78 is 5.22. The number of hydrogen-bond donors (Lipinski definition) is 2. The molecule has 0 bridgehead atoms. The lowest BCUT2D eigenvalue weighted by Crippen LogP contribution is -2.46. The molecule has 1 aromatic heterocycles. The first-order valence-electron chi connectivity index (χ1n) is 8.35. The van der Waals surface area contributed by atoms with Crippen LogP contribution in [-0.2, 0) is 13.0 Å². The molecule has 0 radical (unpaired) electrons. The Kier molecular flexibility index (Phi) is 3.93. The largest absolute Gasteiger partial charge is 0.497 e. The molecule has 3 aromatic rings. The molecule has 1 atom stereocenters. The van der Waals surface area contributed by atoms with E-state index in [1.54, 1.807) is 30.2 Å². The first kappa shape index (κ1) is 15.7. The average molecular weight is 336 g/mol. The predicted molar refractivity (Wildman–Crippen MR) is 95.7 cm³/mol. The number of nitrogens with zero attached hydrogens (tertiary/aromatic N) is 1. The smallest absolute Gasteiger partial charge is 0.254 e. The van der Waals surface area contributed by atoms with E-state index in [4.69, 9.17) is 4.74 Å². The van der Waals surface area contributed by atoms with Crippen molar-refractivity contribution in [1.29, 1.82) is 0 Å². The van der Waals surface area contributed by atoms with Gasteiger partial charge in [-0.2, -0.15) is 0 Å². The van der Waals surface area contributed by atoms with Crippen LogP contribution in [0.15, 0.2) is 48.5 Å². The van der Waals surface area contributed by atoms with Gasteiger partial charge in [0, 0.05) is 22.2 Å². The summed E-state index contributed by atoms with van der Waals surface area (Å²) in [6.45, 7) is 0.403. The lowest BCUT2D eigenvalue weighted by atomic mass is 9.96. The lowest BCUT2D eigenvalue weighted by molar-refractivity contribution is 0.0541. The molecule has 0 aliphatic carbocycles. The highest BCUT2D eigenvalue weighted by Crippen LogP contribution is 2.31. The molecule has 4 rings (SSSR count). The van der Waals surface area contributed by atoms with E-state index in [9.17, 15) is 9.90 Å². The summed E-state index contributed by atoms with van der Waals surface area (Å²) in [6.07, 6.45) is 0.644. The molecule has 2 N–H and O–H groups in total. The standard InChI is InChI=1S/C20H20N2O3/c1-25-15-6-4-5-13(9-15)20(24)22-11-19-17(10-14(22)12-23)16-7-2-3-8-18(16)21-19/h2-9,14,21,23H,10-12H2,1H3. The zero-order valence-corrected chi connectivity index (χ0v) is 14.0. The molecule has 2 aromatic carbocycles. The topological polar surface area (TPSA) is 65.6 Å². The van der Waals surface area contributed by atoms with Crippen molar-refractivity contribution >= 4 is 16.8 Å². The highest BCUT2D eigenvalue weighted by Gasteiger charge is 2.32. The molecule has 1 aliphatic rings. The molecule has 25 heavy (non-hydrogen) atoms. The Hall–Kier alpha value is -2.79. The number of nitrogens with one attached hydrogen (secondary N) is 1. The molecule has 0 saturated carbocycles. The van der Waals surface area contributed by atoms with Crippen molar-refractivity contribution in [2.75, 3.05) is 13.7 Å². The zero-order valence-electron chi connectivity index (χ0n) is 14.0. The number of hydrogen-bond acceptors (Lipinski definition) is 3. The minimum atomic E-state index is -0.231. The molecule has 2 heterocycles. The number of carbonyl (C=O) groups excluding carboxylic acids is 1. The van der Waals surface area contributed by atoms with E-state index in [1.807, 2.05) is 24.3 Å². The molecule has 1 aliphatic heterocycles. The van der Waals surface area contributed by atoms with Gasteiger partial charge in [0.2, 0.25) is 0 Å².